The molecule has 33 heavy (non-hydrogen) atoms. The average molecular weight is 470 g/mol. The van der Waals surface area contributed by atoms with Crippen molar-refractivity contribution < 1.29 is 19.4 Å². The van der Waals surface area contributed by atoms with Crippen LogP contribution in [0.1, 0.15) is 69.7 Å². The summed E-state index contributed by atoms with van der Waals surface area (Å²) in [6, 6.07) is 11.7. The van der Waals surface area contributed by atoms with E-state index in [1.165, 1.54) is 0 Å². The first-order valence-corrected chi connectivity index (χ1v) is 11.7. The van der Waals surface area contributed by atoms with Gasteiger partial charge in [-0.15, -0.1) is 0 Å². The summed E-state index contributed by atoms with van der Waals surface area (Å²) in [4.78, 5) is 27.7. The lowest BCUT2D eigenvalue weighted by molar-refractivity contribution is -0.139. The highest BCUT2D eigenvalue weighted by atomic mass is 35.5. The Morgan fingerprint density at radius 3 is 2.33 bits per heavy atom. The lowest BCUT2D eigenvalue weighted by Crippen LogP contribution is -2.30. The summed E-state index contributed by atoms with van der Waals surface area (Å²) in [6.45, 7) is 8.68. The van der Waals surface area contributed by atoms with Gasteiger partial charge in [0, 0.05) is 22.7 Å². The minimum absolute atomic E-state index is 0.101. The maximum absolute atomic E-state index is 13.2. The number of likely N-dealkylation sites (tertiary alicyclic amines) is 1. The van der Waals surface area contributed by atoms with Crippen LogP contribution in [-0.2, 0) is 15.0 Å². The van der Waals surface area contributed by atoms with E-state index in [2.05, 4.69) is 27.7 Å². The van der Waals surface area contributed by atoms with Crippen molar-refractivity contribution in [2.75, 3.05) is 13.7 Å². The van der Waals surface area contributed by atoms with Gasteiger partial charge in [0.1, 0.15) is 11.5 Å². The largest absolute Gasteiger partial charge is 0.507 e. The number of carbonyl (C=O) groups is 2. The molecule has 1 N–H and O–H groups in total. The topological polar surface area (TPSA) is 66.8 Å². The van der Waals surface area contributed by atoms with E-state index in [0.717, 1.165) is 30.4 Å². The number of nitrogens with zero attached hydrogens (tertiary/aromatic N) is 1. The Hall–Kier alpha value is -2.79. The Morgan fingerprint density at radius 2 is 1.76 bits per heavy atom. The van der Waals surface area contributed by atoms with Crippen molar-refractivity contribution in [3.8, 4) is 5.75 Å². The summed E-state index contributed by atoms with van der Waals surface area (Å²) >= 11 is 6.08. The zero-order valence-electron chi connectivity index (χ0n) is 19.9. The van der Waals surface area contributed by atoms with Crippen LogP contribution in [0.5, 0.6) is 5.75 Å². The molecule has 0 aliphatic carbocycles. The van der Waals surface area contributed by atoms with Crippen LogP contribution < -0.4 is 4.74 Å². The highest BCUT2D eigenvalue weighted by Gasteiger charge is 2.45. The zero-order chi connectivity index (χ0) is 24.3. The first-order valence-electron chi connectivity index (χ1n) is 11.3. The third-order valence-electron chi connectivity index (χ3n) is 6.01. The summed E-state index contributed by atoms with van der Waals surface area (Å²) in [6.07, 6.45) is 2.73. The molecule has 1 unspecified atom stereocenters. The minimum Gasteiger partial charge on any atom is -0.507 e. The first-order chi connectivity index (χ1) is 15.6. The molecule has 1 amide bonds. The quantitative estimate of drug-likeness (QED) is 0.225. The van der Waals surface area contributed by atoms with Crippen LogP contribution in [0.25, 0.3) is 5.76 Å². The van der Waals surface area contributed by atoms with Gasteiger partial charge in [-0.25, -0.2) is 0 Å². The normalized spacial score (nSPS) is 18.1. The van der Waals surface area contributed by atoms with Crippen LogP contribution in [0, 0.1) is 0 Å². The Balaban J connectivity index is 2.17. The maximum atomic E-state index is 13.2. The Bertz CT molecular complexity index is 1070. The van der Waals surface area contributed by atoms with Crippen molar-refractivity contribution in [3.05, 3.63) is 69.8 Å². The van der Waals surface area contributed by atoms with Crippen LogP contribution in [0.3, 0.4) is 0 Å². The van der Waals surface area contributed by atoms with Crippen molar-refractivity contribution in [2.24, 2.45) is 0 Å². The molecule has 1 heterocycles. The Kier molecular flexibility index (Phi) is 7.53. The predicted octanol–water partition coefficient (Wildman–Crippen LogP) is 6.26. The van der Waals surface area contributed by atoms with Crippen molar-refractivity contribution in [1.82, 2.24) is 4.90 Å². The zero-order valence-corrected chi connectivity index (χ0v) is 20.7. The highest BCUT2D eigenvalue weighted by molar-refractivity contribution is 6.46. The highest BCUT2D eigenvalue weighted by Crippen LogP contribution is 2.41. The van der Waals surface area contributed by atoms with E-state index in [4.69, 9.17) is 16.3 Å². The van der Waals surface area contributed by atoms with Crippen molar-refractivity contribution in [1.29, 1.82) is 0 Å². The fourth-order valence-electron chi connectivity index (χ4n) is 4.23. The van der Waals surface area contributed by atoms with Crippen LogP contribution in [-0.4, -0.2) is 35.4 Å². The molecule has 2 aromatic rings. The van der Waals surface area contributed by atoms with Gasteiger partial charge >= 0.3 is 0 Å². The number of ketones is 1. The maximum Gasteiger partial charge on any atom is 0.295 e. The van der Waals surface area contributed by atoms with E-state index in [1.54, 1.807) is 48.4 Å². The molecule has 1 atom stereocenters. The van der Waals surface area contributed by atoms with Gasteiger partial charge in [-0.2, -0.15) is 0 Å². The molecule has 0 saturated carbocycles. The minimum atomic E-state index is -0.669. The van der Waals surface area contributed by atoms with Gasteiger partial charge in [0.05, 0.1) is 18.7 Å². The molecule has 1 saturated heterocycles. The van der Waals surface area contributed by atoms with Crippen LogP contribution in [0.2, 0.25) is 5.02 Å². The molecule has 0 bridgehead atoms. The molecule has 1 aliphatic rings. The molecule has 176 valence electrons. The van der Waals surface area contributed by atoms with E-state index in [1.807, 2.05) is 6.07 Å². The number of amides is 1. The molecule has 1 fully saturated rings. The summed E-state index contributed by atoms with van der Waals surface area (Å²) in [5, 5.41) is 11.9. The second-order valence-electron chi connectivity index (χ2n) is 9.42. The number of hydrogen-bond acceptors (Lipinski definition) is 4. The molecular weight excluding hydrogens is 438 g/mol. The fraction of sp³-hybridized carbons (Fsp3) is 0.407. The summed E-state index contributed by atoms with van der Waals surface area (Å²) in [7, 11) is 1.60. The van der Waals surface area contributed by atoms with Crippen molar-refractivity contribution >= 4 is 29.1 Å². The molecule has 0 spiro atoms. The van der Waals surface area contributed by atoms with E-state index in [-0.39, 0.29) is 16.7 Å². The number of benzene rings is 2. The lowest BCUT2D eigenvalue weighted by Gasteiger charge is -2.26. The van der Waals surface area contributed by atoms with Crippen molar-refractivity contribution in [2.45, 2.75) is 58.4 Å². The molecular formula is C27H32ClNO4. The summed E-state index contributed by atoms with van der Waals surface area (Å²) < 4.78 is 5.50. The van der Waals surface area contributed by atoms with Crippen molar-refractivity contribution in [3.63, 3.8) is 0 Å². The van der Waals surface area contributed by atoms with E-state index < -0.39 is 17.7 Å². The smallest absolute Gasteiger partial charge is 0.295 e. The second-order valence-corrected chi connectivity index (χ2v) is 9.85. The van der Waals surface area contributed by atoms with E-state index in [9.17, 15) is 14.7 Å². The molecule has 0 aromatic heterocycles. The monoisotopic (exact) mass is 469 g/mol. The second kappa shape index (κ2) is 10.0. The van der Waals surface area contributed by atoms with E-state index >= 15 is 0 Å². The van der Waals surface area contributed by atoms with Gasteiger partial charge in [-0.3, -0.25) is 9.59 Å². The summed E-state index contributed by atoms with van der Waals surface area (Å²) in [5.74, 6) is -0.734. The number of rotatable bonds is 7. The number of halogens is 1. The standard InChI is InChI=1S/C27H32ClNO4/c1-6-7-8-15-29-23(17-9-12-19(28)13-10-17)22(25(31)26(29)32)24(30)18-11-14-21(33-5)20(16-18)27(2,3)4/h9-14,16,23,30H,6-8,15H2,1-5H3/b24-22-. The third-order valence-corrected chi connectivity index (χ3v) is 6.26. The van der Waals surface area contributed by atoms with Gasteiger partial charge in [-0.1, -0.05) is 64.3 Å². The number of ether oxygens (including phenoxy) is 1. The fourth-order valence-corrected chi connectivity index (χ4v) is 4.36. The Labute approximate surface area is 201 Å². The van der Waals surface area contributed by atoms with Crippen LogP contribution in [0.15, 0.2) is 48.0 Å². The SMILES string of the molecule is CCCCCN1C(=O)C(=O)/C(=C(\O)c2ccc(OC)c(C(C)(C)C)c2)C1c1ccc(Cl)cc1. The van der Waals surface area contributed by atoms with E-state index in [0.29, 0.717) is 22.9 Å². The number of aliphatic hydroxyl groups is 1. The molecule has 6 heteroatoms. The van der Waals surface area contributed by atoms with Gasteiger partial charge in [0.15, 0.2) is 0 Å². The number of carbonyl (C=O) groups excluding carboxylic acids is 2. The van der Waals surface area contributed by atoms with Gasteiger partial charge in [-0.05, 0) is 47.7 Å². The van der Waals surface area contributed by atoms with Gasteiger partial charge in [0.25, 0.3) is 11.7 Å². The lowest BCUT2D eigenvalue weighted by atomic mass is 9.84. The number of Topliss-reactive ketones (excluding diaryl/α,β-unsaturated/α-hetero) is 1. The van der Waals surface area contributed by atoms with Gasteiger partial charge in [0.2, 0.25) is 0 Å². The number of aliphatic hydroxyl groups excluding tert-OH is 1. The molecule has 1 aliphatic heterocycles. The molecule has 3 rings (SSSR count). The number of methoxy groups -OCH3 is 1. The number of unbranched alkanes of at least 4 members (excludes halogenated alkanes) is 2. The van der Waals surface area contributed by atoms with Crippen LogP contribution in [0.4, 0.5) is 0 Å². The third kappa shape index (κ3) is 5.09. The van der Waals surface area contributed by atoms with Gasteiger partial charge < -0.3 is 14.7 Å². The summed E-state index contributed by atoms with van der Waals surface area (Å²) in [5.41, 5.74) is 1.97. The average Bonchev–Trinajstić information content (AvgIpc) is 3.03. The predicted molar refractivity (Wildman–Crippen MR) is 132 cm³/mol. The number of hydrogen-bond donors (Lipinski definition) is 1. The van der Waals surface area contributed by atoms with Crippen LogP contribution >= 0.6 is 11.6 Å². The first kappa shape index (κ1) is 24.8. The molecule has 0 radical (unpaired) electrons. The molecule has 5 nitrogen and oxygen atoms in total. The molecule has 2 aromatic carbocycles. The Morgan fingerprint density at radius 1 is 1.09 bits per heavy atom.